The minimum Gasteiger partial charge on any atom is -0.466 e. The van der Waals surface area contributed by atoms with Gasteiger partial charge in [0, 0.05) is 21.9 Å². The van der Waals surface area contributed by atoms with E-state index in [1.165, 1.54) is 14.2 Å². The lowest BCUT2D eigenvalue weighted by Gasteiger charge is -2.36. The first kappa shape index (κ1) is 27.5. The van der Waals surface area contributed by atoms with Crippen molar-refractivity contribution >= 4 is 57.2 Å². The predicted octanol–water partition coefficient (Wildman–Crippen LogP) is 6.60. The zero-order valence-electron chi connectivity index (χ0n) is 21.9. The average molecular weight is 618 g/mol. The second kappa shape index (κ2) is 11.6. The molecule has 1 unspecified atom stereocenters. The van der Waals surface area contributed by atoms with Crippen molar-refractivity contribution in [3.8, 4) is 0 Å². The van der Waals surface area contributed by atoms with Crippen molar-refractivity contribution in [3.05, 3.63) is 127 Å². The van der Waals surface area contributed by atoms with E-state index in [2.05, 4.69) is 21.2 Å². The zero-order valence-corrected chi connectivity index (χ0v) is 24.3. The molecular formula is C31H25BrN2O5S. The van der Waals surface area contributed by atoms with Gasteiger partial charge in [0.2, 0.25) is 5.78 Å². The number of ether oxygens (including phenoxy) is 2. The van der Waals surface area contributed by atoms with Gasteiger partial charge in [0.15, 0.2) is 0 Å². The zero-order chi connectivity index (χ0) is 28.4. The summed E-state index contributed by atoms with van der Waals surface area (Å²) in [6, 6.07) is 21.4. The highest BCUT2D eigenvalue weighted by Crippen LogP contribution is 2.48. The molecule has 0 amide bonds. The minimum absolute atomic E-state index is 0.0303. The third-order valence-corrected chi connectivity index (χ3v) is 8.20. The van der Waals surface area contributed by atoms with Gasteiger partial charge in [-0.2, -0.15) is 0 Å². The molecule has 3 aromatic carbocycles. The smallest absolute Gasteiger partial charge is 0.345 e. The molecule has 0 saturated heterocycles. The summed E-state index contributed by atoms with van der Waals surface area (Å²) < 4.78 is 11.2. The lowest BCUT2D eigenvalue weighted by molar-refractivity contribution is -0.139. The molecule has 1 N–H and O–H groups in total. The Labute approximate surface area is 244 Å². The SMILES string of the molecule is COC(=O)C1=C(C(=O)OC)C2c3ccccc3C=CN2C(C(=O)c2ccc(Br)cc2)=C(Nc2ccc(C)cc2)S1. The summed E-state index contributed by atoms with van der Waals surface area (Å²) in [5.74, 6) is -1.70. The van der Waals surface area contributed by atoms with Crippen LogP contribution in [-0.4, -0.2) is 36.8 Å². The quantitative estimate of drug-likeness (QED) is 0.245. The third kappa shape index (κ3) is 5.22. The molecule has 40 heavy (non-hydrogen) atoms. The van der Waals surface area contributed by atoms with Crippen molar-refractivity contribution in [2.45, 2.75) is 13.0 Å². The first-order valence-electron chi connectivity index (χ1n) is 12.3. The Morgan fingerprint density at radius 1 is 0.900 bits per heavy atom. The number of benzene rings is 3. The molecule has 2 heterocycles. The summed E-state index contributed by atoms with van der Waals surface area (Å²) in [5.41, 5.74) is 4.15. The van der Waals surface area contributed by atoms with Gasteiger partial charge in [-0.3, -0.25) is 4.79 Å². The Balaban J connectivity index is 1.81. The highest BCUT2D eigenvalue weighted by Gasteiger charge is 2.43. The number of allylic oxidation sites excluding steroid dienone is 1. The van der Waals surface area contributed by atoms with Crippen LogP contribution < -0.4 is 5.32 Å². The van der Waals surface area contributed by atoms with E-state index >= 15 is 0 Å². The molecule has 9 heteroatoms. The average Bonchev–Trinajstić information content (AvgIpc) is 3.12. The topological polar surface area (TPSA) is 84.9 Å². The van der Waals surface area contributed by atoms with Crippen LogP contribution in [0.4, 0.5) is 5.69 Å². The van der Waals surface area contributed by atoms with Gasteiger partial charge in [0.05, 0.1) is 25.8 Å². The Morgan fingerprint density at radius 2 is 1.57 bits per heavy atom. The number of esters is 2. The van der Waals surface area contributed by atoms with Gasteiger partial charge in [-0.1, -0.05) is 69.7 Å². The van der Waals surface area contributed by atoms with E-state index in [1.807, 2.05) is 61.5 Å². The van der Waals surface area contributed by atoms with Crippen LogP contribution in [0.3, 0.4) is 0 Å². The van der Waals surface area contributed by atoms with Gasteiger partial charge in [-0.05, 0) is 60.5 Å². The molecule has 2 aliphatic rings. The number of methoxy groups -OCH3 is 2. The van der Waals surface area contributed by atoms with Crippen LogP contribution in [0, 0.1) is 6.92 Å². The molecule has 0 aliphatic carbocycles. The van der Waals surface area contributed by atoms with Gasteiger partial charge in [0.1, 0.15) is 15.6 Å². The molecule has 3 aromatic rings. The number of rotatable bonds is 6. The molecule has 0 radical (unpaired) electrons. The first-order valence-corrected chi connectivity index (χ1v) is 14.0. The van der Waals surface area contributed by atoms with Crippen LogP contribution in [0.2, 0.25) is 0 Å². The van der Waals surface area contributed by atoms with Crippen LogP contribution in [0.15, 0.2) is 105 Å². The summed E-state index contributed by atoms with van der Waals surface area (Å²) in [6.45, 7) is 1.98. The van der Waals surface area contributed by atoms with Gasteiger partial charge < -0.3 is 19.7 Å². The summed E-state index contributed by atoms with van der Waals surface area (Å²) in [4.78, 5) is 42.8. The number of anilines is 1. The summed E-state index contributed by atoms with van der Waals surface area (Å²) in [5, 5.41) is 3.71. The third-order valence-electron chi connectivity index (χ3n) is 6.59. The summed E-state index contributed by atoms with van der Waals surface area (Å²) in [7, 11) is 2.52. The van der Waals surface area contributed by atoms with Crippen LogP contribution in [-0.2, 0) is 19.1 Å². The first-order chi connectivity index (χ1) is 19.3. The molecule has 7 nitrogen and oxygen atoms in total. The number of hydrogen-bond donors (Lipinski definition) is 1. The highest BCUT2D eigenvalue weighted by molar-refractivity contribution is 9.10. The number of thioether (sulfide) groups is 1. The normalized spacial score (nSPS) is 16.1. The molecular weight excluding hydrogens is 592 g/mol. The number of hydrogen-bond acceptors (Lipinski definition) is 8. The number of aryl methyl sites for hydroxylation is 1. The van der Waals surface area contributed by atoms with Crippen molar-refractivity contribution in [1.82, 2.24) is 4.90 Å². The highest BCUT2D eigenvalue weighted by atomic mass is 79.9. The van der Waals surface area contributed by atoms with Crippen molar-refractivity contribution in [2.24, 2.45) is 0 Å². The lowest BCUT2D eigenvalue weighted by atomic mass is 9.89. The second-order valence-electron chi connectivity index (χ2n) is 9.09. The molecule has 1 atom stereocenters. The Kier molecular flexibility index (Phi) is 7.95. The number of ketones is 1. The van der Waals surface area contributed by atoms with Crippen LogP contribution in [0.1, 0.15) is 33.1 Å². The van der Waals surface area contributed by atoms with E-state index in [0.717, 1.165) is 32.9 Å². The van der Waals surface area contributed by atoms with Gasteiger partial charge >= 0.3 is 11.9 Å². The molecule has 5 rings (SSSR count). The predicted molar refractivity (Wildman–Crippen MR) is 159 cm³/mol. The maximum Gasteiger partial charge on any atom is 0.345 e. The number of nitrogens with zero attached hydrogens (tertiary/aromatic N) is 1. The van der Waals surface area contributed by atoms with E-state index in [1.54, 1.807) is 35.4 Å². The van der Waals surface area contributed by atoms with E-state index < -0.39 is 18.0 Å². The Hall–Kier alpha value is -4.08. The van der Waals surface area contributed by atoms with E-state index in [9.17, 15) is 14.4 Å². The van der Waals surface area contributed by atoms with E-state index in [4.69, 9.17) is 9.47 Å². The monoisotopic (exact) mass is 616 g/mol. The van der Waals surface area contributed by atoms with Crippen molar-refractivity contribution in [3.63, 3.8) is 0 Å². The molecule has 2 aliphatic heterocycles. The fraction of sp³-hybridized carbons (Fsp3) is 0.129. The minimum atomic E-state index is -0.832. The standard InChI is InChI=1S/C31H25BrN2O5S/c1-18-8-14-22(15-9-18)33-29-26(27(35)20-10-12-21(32)13-11-20)34-17-16-19-6-4-5-7-23(19)25(34)24(30(36)38-2)28(40-29)31(37)39-3/h4-17,25,33H,1-3H3. The number of carbonyl (C=O) groups is 3. The summed E-state index contributed by atoms with van der Waals surface area (Å²) >= 11 is 4.41. The lowest BCUT2D eigenvalue weighted by Crippen LogP contribution is -2.34. The molecule has 0 saturated carbocycles. The van der Waals surface area contributed by atoms with E-state index in [-0.39, 0.29) is 22.0 Å². The maximum absolute atomic E-state index is 14.3. The van der Waals surface area contributed by atoms with Crippen molar-refractivity contribution in [2.75, 3.05) is 19.5 Å². The second-order valence-corrected chi connectivity index (χ2v) is 11.0. The maximum atomic E-state index is 14.3. The molecule has 0 spiro atoms. The number of fused-ring (bicyclic) bond motifs is 3. The number of halogens is 1. The van der Waals surface area contributed by atoms with Gasteiger partial charge in [0.25, 0.3) is 0 Å². The van der Waals surface area contributed by atoms with Crippen LogP contribution in [0.25, 0.3) is 6.08 Å². The van der Waals surface area contributed by atoms with Gasteiger partial charge in [-0.25, -0.2) is 9.59 Å². The number of carbonyl (C=O) groups excluding carboxylic acids is 3. The fourth-order valence-corrected chi connectivity index (χ4v) is 6.03. The summed E-state index contributed by atoms with van der Waals surface area (Å²) in [6.07, 6.45) is 3.65. The van der Waals surface area contributed by atoms with Gasteiger partial charge in [-0.15, -0.1) is 0 Å². The fourth-order valence-electron chi connectivity index (χ4n) is 4.62. The van der Waals surface area contributed by atoms with E-state index in [0.29, 0.717) is 16.3 Å². The Bertz CT molecular complexity index is 1590. The molecule has 0 aromatic heterocycles. The Morgan fingerprint density at radius 3 is 2.25 bits per heavy atom. The van der Waals surface area contributed by atoms with Crippen LogP contribution in [0.5, 0.6) is 0 Å². The van der Waals surface area contributed by atoms with Crippen molar-refractivity contribution in [1.29, 1.82) is 0 Å². The van der Waals surface area contributed by atoms with Crippen LogP contribution >= 0.6 is 27.7 Å². The number of nitrogens with one attached hydrogen (secondary N) is 1. The number of Topliss-reactive ketones (excluding diaryl/α,β-unsaturated/α-hetero) is 1. The van der Waals surface area contributed by atoms with Crippen molar-refractivity contribution < 1.29 is 23.9 Å². The molecule has 0 fully saturated rings. The molecule has 0 bridgehead atoms. The molecule has 202 valence electrons. The largest absolute Gasteiger partial charge is 0.466 e.